The third-order valence-corrected chi connectivity index (χ3v) is 7.69. The van der Waals surface area contributed by atoms with E-state index in [1.165, 1.54) is 6.07 Å². The molecule has 32 heavy (non-hydrogen) atoms. The lowest BCUT2D eigenvalue weighted by Gasteiger charge is -2.32. The molecule has 1 aliphatic rings. The molecule has 1 fully saturated rings. The van der Waals surface area contributed by atoms with E-state index in [2.05, 4.69) is 14.9 Å². The smallest absolute Gasteiger partial charge is 0.251 e. The highest BCUT2D eigenvalue weighted by molar-refractivity contribution is 7.96. The first-order valence-electron chi connectivity index (χ1n) is 10.7. The zero-order chi connectivity index (χ0) is 23.1. The molecule has 0 spiro atoms. The Morgan fingerprint density at radius 3 is 2.81 bits per heavy atom. The molecule has 2 atom stereocenters. The first kappa shape index (κ1) is 25.2. The van der Waals surface area contributed by atoms with Crippen molar-refractivity contribution in [3.05, 3.63) is 63.9 Å². The second-order valence-electron chi connectivity index (χ2n) is 7.77. The summed E-state index contributed by atoms with van der Waals surface area (Å²) in [6.45, 7) is 4.34. The molecule has 0 aliphatic carbocycles. The largest absolute Gasteiger partial charge is 0.348 e. The van der Waals surface area contributed by atoms with Crippen LogP contribution in [0.15, 0.2) is 41.3 Å². The second-order valence-corrected chi connectivity index (χ2v) is 10.6. The van der Waals surface area contributed by atoms with E-state index < -0.39 is 10.8 Å². The van der Waals surface area contributed by atoms with Crippen molar-refractivity contribution in [3.63, 3.8) is 0 Å². The van der Waals surface area contributed by atoms with Gasteiger partial charge >= 0.3 is 0 Å². The lowest BCUT2D eigenvalue weighted by Crippen LogP contribution is -2.43. The number of rotatable bonds is 9. The molecular formula is C23H29ClFN3O2S2. The first-order chi connectivity index (χ1) is 15.4. The number of carbonyl (C=O) groups is 1. The van der Waals surface area contributed by atoms with Crippen molar-refractivity contribution in [2.45, 2.75) is 43.8 Å². The van der Waals surface area contributed by atoms with Crippen molar-refractivity contribution < 1.29 is 13.4 Å². The molecule has 1 heterocycles. The molecule has 3 rings (SSSR count). The monoisotopic (exact) mass is 497 g/mol. The number of likely N-dealkylation sites (tertiary alicyclic amines) is 1. The number of hydrogen-bond donors (Lipinski definition) is 2. The normalized spacial score (nSPS) is 17.8. The predicted octanol–water partition coefficient (Wildman–Crippen LogP) is 4.37. The summed E-state index contributed by atoms with van der Waals surface area (Å²) in [5, 5.41) is 3.30. The van der Waals surface area contributed by atoms with E-state index in [0.717, 1.165) is 25.9 Å². The van der Waals surface area contributed by atoms with E-state index in [0.29, 0.717) is 39.4 Å². The quantitative estimate of drug-likeness (QED) is 0.504. The Bertz CT molecular complexity index is 974. The third kappa shape index (κ3) is 6.78. The van der Waals surface area contributed by atoms with Gasteiger partial charge in [0.2, 0.25) is 0 Å². The summed E-state index contributed by atoms with van der Waals surface area (Å²) in [7, 11) is -1.16. The maximum Gasteiger partial charge on any atom is 0.251 e. The fraction of sp³-hybridized carbons (Fsp3) is 0.435. The molecule has 174 valence electrons. The highest BCUT2D eigenvalue weighted by Crippen LogP contribution is 2.21. The molecule has 2 N–H and O–H groups in total. The van der Waals surface area contributed by atoms with Crippen LogP contribution in [-0.2, 0) is 23.9 Å². The Morgan fingerprint density at radius 2 is 2.09 bits per heavy atom. The minimum atomic E-state index is -1.16. The lowest BCUT2D eigenvalue weighted by atomic mass is 10.0. The second kappa shape index (κ2) is 12.1. The van der Waals surface area contributed by atoms with Crippen LogP contribution in [0.5, 0.6) is 0 Å². The number of amides is 1. The topological polar surface area (TPSA) is 61.4 Å². The number of nitrogens with zero attached hydrogens (tertiary/aromatic N) is 1. The van der Waals surface area contributed by atoms with Gasteiger partial charge in [-0.2, -0.15) is 0 Å². The summed E-state index contributed by atoms with van der Waals surface area (Å²) < 4.78 is 30.4. The van der Waals surface area contributed by atoms with Crippen LogP contribution in [0.3, 0.4) is 0 Å². The molecule has 0 saturated carbocycles. The summed E-state index contributed by atoms with van der Waals surface area (Å²) >= 11 is 7.68. The van der Waals surface area contributed by atoms with E-state index in [1.54, 1.807) is 42.3 Å². The van der Waals surface area contributed by atoms with Crippen LogP contribution in [0.4, 0.5) is 4.39 Å². The van der Waals surface area contributed by atoms with Crippen LogP contribution in [0.1, 0.15) is 41.3 Å². The average Bonchev–Trinajstić information content (AvgIpc) is 2.79. The van der Waals surface area contributed by atoms with Gasteiger partial charge in [0.25, 0.3) is 5.91 Å². The van der Waals surface area contributed by atoms with E-state index in [4.69, 9.17) is 11.6 Å². The lowest BCUT2D eigenvalue weighted by molar-refractivity contribution is 0.0950. The Kier molecular flexibility index (Phi) is 9.55. The maximum atomic E-state index is 14.8. The summed E-state index contributed by atoms with van der Waals surface area (Å²) in [6.07, 6.45) is 4.21. The number of piperidine rings is 1. The molecule has 1 unspecified atom stereocenters. The molecule has 0 aromatic heterocycles. The summed E-state index contributed by atoms with van der Waals surface area (Å²) in [6, 6.07) is 10.1. The Balaban J connectivity index is 1.63. The molecule has 1 saturated heterocycles. The van der Waals surface area contributed by atoms with E-state index >= 15 is 0 Å². The van der Waals surface area contributed by atoms with Crippen LogP contribution < -0.4 is 10.0 Å². The van der Waals surface area contributed by atoms with Crippen molar-refractivity contribution in [2.24, 2.45) is 0 Å². The van der Waals surface area contributed by atoms with Crippen molar-refractivity contribution in [2.75, 3.05) is 25.1 Å². The Morgan fingerprint density at radius 1 is 1.28 bits per heavy atom. The van der Waals surface area contributed by atoms with Gasteiger partial charge in [-0.15, -0.1) is 0 Å². The molecule has 0 radical (unpaired) electrons. The number of benzene rings is 2. The average molecular weight is 498 g/mol. The number of nitrogens with one attached hydrogen (secondary N) is 2. The van der Waals surface area contributed by atoms with E-state index in [1.807, 2.05) is 13.2 Å². The molecular weight excluding hydrogens is 469 g/mol. The fourth-order valence-corrected chi connectivity index (χ4v) is 5.54. The minimum Gasteiger partial charge on any atom is -0.348 e. The zero-order valence-corrected chi connectivity index (χ0v) is 20.7. The van der Waals surface area contributed by atoms with Gasteiger partial charge < -0.3 is 5.32 Å². The Labute approximate surface area is 201 Å². The molecule has 9 heteroatoms. The van der Waals surface area contributed by atoms with Gasteiger partial charge in [-0.3, -0.25) is 18.6 Å². The maximum absolute atomic E-state index is 14.8. The van der Waals surface area contributed by atoms with Gasteiger partial charge in [0.05, 0.1) is 10.8 Å². The molecule has 5 nitrogen and oxygen atoms in total. The standard InChI is InChI=1S/C23H29ClFN3O2S2/c1-3-32(30)22-9-8-19(24)11-18(22)13-26-23(29)16-6-7-17(21(25)12-16)14-28-10-4-5-20(15-28)27-31-2/h6-9,11-12,20,27H,3-5,10,13-15H2,1-2H3,(H,26,29)/t20-,32?/m1/s1. The highest BCUT2D eigenvalue weighted by Gasteiger charge is 2.21. The van der Waals surface area contributed by atoms with Gasteiger partial charge in [0, 0.05) is 52.5 Å². The molecule has 2 aromatic rings. The predicted molar refractivity (Wildman–Crippen MR) is 131 cm³/mol. The summed E-state index contributed by atoms with van der Waals surface area (Å²) in [5.41, 5.74) is 1.54. The van der Waals surface area contributed by atoms with Gasteiger partial charge in [0.15, 0.2) is 0 Å². The number of halogens is 2. The SMILES string of the molecule is CCS(=O)c1ccc(Cl)cc1CNC(=O)c1ccc(CN2CCC[C@@H](NSC)C2)c(F)c1. The summed E-state index contributed by atoms with van der Waals surface area (Å²) in [4.78, 5) is 15.5. The van der Waals surface area contributed by atoms with Crippen LogP contribution >= 0.6 is 23.5 Å². The highest BCUT2D eigenvalue weighted by atomic mass is 35.5. The first-order valence-corrected chi connectivity index (χ1v) is 13.6. The number of carbonyl (C=O) groups excluding carboxylic acids is 1. The van der Waals surface area contributed by atoms with Crippen LogP contribution in [-0.4, -0.2) is 46.2 Å². The van der Waals surface area contributed by atoms with Crippen LogP contribution in [0.2, 0.25) is 5.02 Å². The number of hydrogen-bond acceptors (Lipinski definition) is 5. The van der Waals surface area contributed by atoms with Gasteiger partial charge in [0.1, 0.15) is 5.82 Å². The fourth-order valence-electron chi connectivity index (χ4n) is 3.86. The van der Waals surface area contributed by atoms with Crippen molar-refractivity contribution >= 4 is 40.3 Å². The van der Waals surface area contributed by atoms with Crippen LogP contribution in [0.25, 0.3) is 0 Å². The van der Waals surface area contributed by atoms with Crippen molar-refractivity contribution in [1.29, 1.82) is 0 Å². The zero-order valence-electron chi connectivity index (χ0n) is 18.3. The van der Waals surface area contributed by atoms with Gasteiger partial charge in [-0.25, -0.2) is 4.39 Å². The summed E-state index contributed by atoms with van der Waals surface area (Å²) in [5.74, 6) is -0.292. The van der Waals surface area contributed by atoms with E-state index in [-0.39, 0.29) is 23.8 Å². The van der Waals surface area contributed by atoms with Crippen molar-refractivity contribution in [1.82, 2.24) is 14.9 Å². The van der Waals surface area contributed by atoms with Crippen LogP contribution in [0, 0.1) is 5.82 Å². The molecule has 2 aromatic carbocycles. The van der Waals surface area contributed by atoms with Gasteiger partial charge in [-0.1, -0.05) is 36.5 Å². The van der Waals surface area contributed by atoms with Gasteiger partial charge in [-0.05, 0) is 61.5 Å². The molecule has 1 amide bonds. The molecule has 0 bridgehead atoms. The van der Waals surface area contributed by atoms with Crippen molar-refractivity contribution in [3.8, 4) is 0 Å². The molecule has 1 aliphatic heterocycles. The minimum absolute atomic E-state index is 0.168. The van der Waals surface area contributed by atoms with E-state index in [9.17, 15) is 13.4 Å². The third-order valence-electron chi connectivity index (χ3n) is 5.47. The Hall–Kier alpha value is -1.45.